The zero-order valence-corrected chi connectivity index (χ0v) is 13.1. The van der Waals surface area contributed by atoms with Crippen LogP contribution in [0, 0.1) is 19.8 Å². The van der Waals surface area contributed by atoms with Gasteiger partial charge in [0.2, 0.25) is 0 Å². The summed E-state index contributed by atoms with van der Waals surface area (Å²) in [5, 5.41) is 3.65. The van der Waals surface area contributed by atoms with E-state index in [4.69, 9.17) is 4.98 Å². The summed E-state index contributed by atoms with van der Waals surface area (Å²) in [5.74, 6) is 2.10. The largest absolute Gasteiger partial charge is 0.356 e. The second-order valence-electron chi connectivity index (χ2n) is 6.71. The maximum atomic E-state index is 4.87. The third-order valence-electron chi connectivity index (χ3n) is 4.68. The van der Waals surface area contributed by atoms with Crippen molar-refractivity contribution in [2.75, 3.05) is 18.0 Å². The van der Waals surface area contributed by atoms with E-state index in [0.717, 1.165) is 37.3 Å². The molecular formula is C17H27N3. The average molecular weight is 273 g/mol. The second-order valence-corrected chi connectivity index (χ2v) is 6.71. The Bertz CT molecular complexity index is 471. The number of aryl methyl sites for hydroxylation is 2. The second kappa shape index (κ2) is 5.72. The molecule has 0 radical (unpaired) electrons. The molecule has 2 heterocycles. The minimum atomic E-state index is 0.755. The first kappa shape index (κ1) is 13.9. The summed E-state index contributed by atoms with van der Waals surface area (Å²) >= 11 is 0. The maximum absolute atomic E-state index is 4.87. The number of hydrogen-bond acceptors (Lipinski definition) is 3. The molecule has 0 spiro atoms. The summed E-state index contributed by atoms with van der Waals surface area (Å²) in [6.07, 6.45) is 5.28. The van der Waals surface area contributed by atoms with Gasteiger partial charge in [-0.1, -0.05) is 6.92 Å². The van der Waals surface area contributed by atoms with Gasteiger partial charge in [0.15, 0.2) is 0 Å². The Kier molecular flexibility index (Phi) is 3.97. The van der Waals surface area contributed by atoms with Crippen molar-refractivity contribution in [1.82, 2.24) is 10.3 Å². The van der Waals surface area contributed by atoms with Gasteiger partial charge < -0.3 is 10.2 Å². The van der Waals surface area contributed by atoms with Crippen molar-refractivity contribution in [3.8, 4) is 0 Å². The van der Waals surface area contributed by atoms with Crippen molar-refractivity contribution in [3.05, 3.63) is 22.9 Å². The number of nitrogens with zero attached hydrogens (tertiary/aromatic N) is 2. The lowest BCUT2D eigenvalue weighted by molar-refractivity contribution is 0.435. The Labute approximate surface area is 122 Å². The molecule has 0 unspecified atom stereocenters. The SMILES string of the molecule is Cc1cc(C)c(CNC2CC2)c(N2CCC(C)CC2)n1. The fourth-order valence-corrected chi connectivity index (χ4v) is 3.08. The highest BCUT2D eigenvalue weighted by Gasteiger charge is 2.24. The van der Waals surface area contributed by atoms with E-state index in [1.165, 1.54) is 42.6 Å². The molecule has 0 bridgehead atoms. The molecule has 20 heavy (non-hydrogen) atoms. The van der Waals surface area contributed by atoms with Gasteiger partial charge in [-0.25, -0.2) is 4.98 Å². The van der Waals surface area contributed by atoms with Crippen LogP contribution in [0.5, 0.6) is 0 Å². The summed E-state index contributed by atoms with van der Waals surface area (Å²) in [7, 11) is 0. The molecule has 0 aromatic carbocycles. The molecule has 1 aliphatic carbocycles. The molecule has 2 fully saturated rings. The van der Waals surface area contributed by atoms with E-state index in [1.807, 2.05) is 0 Å². The predicted molar refractivity (Wildman–Crippen MR) is 84.2 cm³/mol. The number of rotatable bonds is 4. The molecule has 3 heteroatoms. The monoisotopic (exact) mass is 273 g/mol. The molecule has 0 amide bonds. The number of anilines is 1. The lowest BCUT2D eigenvalue weighted by atomic mass is 9.98. The summed E-state index contributed by atoms with van der Waals surface area (Å²) in [4.78, 5) is 7.37. The summed E-state index contributed by atoms with van der Waals surface area (Å²) in [5.41, 5.74) is 3.95. The Morgan fingerprint density at radius 1 is 1.20 bits per heavy atom. The van der Waals surface area contributed by atoms with Gasteiger partial charge in [0.25, 0.3) is 0 Å². The molecule has 1 N–H and O–H groups in total. The van der Waals surface area contributed by atoms with Gasteiger partial charge in [0.1, 0.15) is 5.82 Å². The first-order valence-electron chi connectivity index (χ1n) is 8.09. The van der Waals surface area contributed by atoms with Gasteiger partial charge >= 0.3 is 0 Å². The van der Waals surface area contributed by atoms with Crippen LogP contribution in [0.15, 0.2) is 6.07 Å². The van der Waals surface area contributed by atoms with Gasteiger partial charge in [-0.2, -0.15) is 0 Å². The summed E-state index contributed by atoms with van der Waals surface area (Å²) in [6.45, 7) is 10.0. The van der Waals surface area contributed by atoms with Crippen LogP contribution >= 0.6 is 0 Å². The van der Waals surface area contributed by atoms with Gasteiger partial charge in [-0.15, -0.1) is 0 Å². The topological polar surface area (TPSA) is 28.2 Å². The van der Waals surface area contributed by atoms with Crippen molar-refractivity contribution in [2.45, 2.75) is 59.0 Å². The predicted octanol–water partition coefficient (Wildman–Crippen LogP) is 3.19. The number of hydrogen-bond donors (Lipinski definition) is 1. The molecule has 1 aliphatic heterocycles. The van der Waals surface area contributed by atoms with Crippen molar-refractivity contribution in [1.29, 1.82) is 0 Å². The van der Waals surface area contributed by atoms with Crippen molar-refractivity contribution in [3.63, 3.8) is 0 Å². The van der Waals surface area contributed by atoms with Crippen LogP contribution in [0.3, 0.4) is 0 Å². The standard InChI is InChI=1S/C17H27N3/c1-12-6-8-20(9-7-12)17-16(11-18-15-4-5-15)13(2)10-14(3)19-17/h10,12,15,18H,4-9,11H2,1-3H3. The van der Waals surface area contributed by atoms with Crippen LogP contribution in [0.4, 0.5) is 5.82 Å². The molecule has 0 atom stereocenters. The number of pyridine rings is 1. The Morgan fingerprint density at radius 3 is 2.55 bits per heavy atom. The third-order valence-corrected chi connectivity index (χ3v) is 4.68. The molecule has 1 aromatic heterocycles. The van der Waals surface area contributed by atoms with Crippen LogP contribution < -0.4 is 10.2 Å². The third kappa shape index (κ3) is 3.14. The molecule has 110 valence electrons. The molecular weight excluding hydrogens is 246 g/mol. The van der Waals surface area contributed by atoms with Gasteiger partial charge in [-0.05, 0) is 57.1 Å². The lowest BCUT2D eigenvalue weighted by Crippen LogP contribution is -2.35. The van der Waals surface area contributed by atoms with Crippen LogP contribution in [-0.4, -0.2) is 24.1 Å². The van der Waals surface area contributed by atoms with Gasteiger partial charge in [-0.3, -0.25) is 0 Å². The lowest BCUT2D eigenvalue weighted by Gasteiger charge is -2.33. The van der Waals surface area contributed by atoms with E-state index in [2.05, 4.69) is 37.1 Å². The minimum Gasteiger partial charge on any atom is -0.356 e. The highest BCUT2D eigenvalue weighted by Crippen LogP contribution is 2.28. The normalized spacial score (nSPS) is 20.4. The number of aromatic nitrogens is 1. The first-order valence-corrected chi connectivity index (χ1v) is 8.09. The Hall–Kier alpha value is -1.09. The zero-order valence-electron chi connectivity index (χ0n) is 13.1. The molecule has 3 nitrogen and oxygen atoms in total. The maximum Gasteiger partial charge on any atom is 0.133 e. The van der Waals surface area contributed by atoms with Crippen LogP contribution in [0.2, 0.25) is 0 Å². The molecule has 1 saturated carbocycles. The first-order chi connectivity index (χ1) is 9.63. The van der Waals surface area contributed by atoms with Crippen molar-refractivity contribution in [2.24, 2.45) is 5.92 Å². The fraction of sp³-hybridized carbons (Fsp3) is 0.706. The quantitative estimate of drug-likeness (QED) is 0.913. The van der Waals surface area contributed by atoms with E-state index in [1.54, 1.807) is 0 Å². The molecule has 1 aromatic rings. The van der Waals surface area contributed by atoms with Crippen LogP contribution in [0.25, 0.3) is 0 Å². The van der Waals surface area contributed by atoms with Crippen LogP contribution in [0.1, 0.15) is 49.4 Å². The smallest absolute Gasteiger partial charge is 0.133 e. The van der Waals surface area contributed by atoms with E-state index >= 15 is 0 Å². The average Bonchev–Trinajstić information content (AvgIpc) is 3.22. The Balaban J connectivity index is 1.82. The van der Waals surface area contributed by atoms with E-state index in [-0.39, 0.29) is 0 Å². The summed E-state index contributed by atoms with van der Waals surface area (Å²) in [6, 6.07) is 2.98. The van der Waals surface area contributed by atoms with E-state index in [9.17, 15) is 0 Å². The van der Waals surface area contributed by atoms with Gasteiger partial charge in [0, 0.05) is 36.9 Å². The van der Waals surface area contributed by atoms with Crippen molar-refractivity contribution >= 4 is 5.82 Å². The Morgan fingerprint density at radius 2 is 1.90 bits per heavy atom. The minimum absolute atomic E-state index is 0.755. The fourth-order valence-electron chi connectivity index (χ4n) is 3.08. The number of piperidine rings is 1. The molecule has 3 rings (SSSR count). The number of nitrogens with one attached hydrogen (secondary N) is 1. The van der Waals surface area contributed by atoms with Crippen LogP contribution in [-0.2, 0) is 6.54 Å². The molecule has 2 aliphatic rings. The van der Waals surface area contributed by atoms with E-state index < -0.39 is 0 Å². The van der Waals surface area contributed by atoms with E-state index in [0.29, 0.717) is 0 Å². The zero-order chi connectivity index (χ0) is 14.1. The summed E-state index contributed by atoms with van der Waals surface area (Å²) < 4.78 is 0. The highest BCUT2D eigenvalue weighted by molar-refractivity contribution is 5.52. The van der Waals surface area contributed by atoms with Crippen molar-refractivity contribution < 1.29 is 0 Å². The van der Waals surface area contributed by atoms with Gasteiger partial charge in [0.05, 0.1) is 0 Å². The highest BCUT2D eigenvalue weighted by atomic mass is 15.2. The molecule has 1 saturated heterocycles.